The molecule has 0 aromatic carbocycles. The van der Waals surface area contributed by atoms with E-state index in [9.17, 15) is 0 Å². The van der Waals surface area contributed by atoms with Crippen LogP contribution in [0.15, 0.2) is 70.3 Å². The Balaban J connectivity index is 0. The maximum Gasteiger partial charge on any atom is 0.317 e. The summed E-state index contributed by atoms with van der Waals surface area (Å²) in [5.41, 5.74) is 0. The minimum Gasteiger partial charge on any atom is -0.224 e. The van der Waals surface area contributed by atoms with Crippen LogP contribution in [-0.4, -0.2) is 0 Å². The van der Waals surface area contributed by atoms with E-state index in [1.807, 2.05) is 36.4 Å². The Kier molecular flexibility index (Phi) is 13.7. The van der Waals surface area contributed by atoms with Gasteiger partial charge in [-0.2, -0.15) is 0 Å². The Bertz CT molecular complexity index is 322. The molecule has 22 heavy (non-hydrogen) atoms. The molecule has 0 N–H and O–H groups in total. The molecular formula is C10H10Cl2O10. The predicted molar refractivity (Wildman–Crippen MR) is 46.2 cm³/mol. The standard InChI is InChI=1S/2C5H5O.2ClHO4/c2*1-2-4-6-5-3-1;2*2-1(3,4)5/h2*1-5H;2*(H,2,3,4,5)/q2*+1;;/p-2. The van der Waals surface area contributed by atoms with Crippen molar-refractivity contribution in [2.45, 2.75) is 0 Å². The van der Waals surface area contributed by atoms with Gasteiger partial charge in [0.15, 0.2) is 0 Å². The summed E-state index contributed by atoms with van der Waals surface area (Å²) in [6, 6.07) is 11.1. The largest absolute Gasteiger partial charge is 0.317 e. The maximum atomic E-state index is 8.49. The zero-order valence-corrected chi connectivity index (χ0v) is 12.1. The molecule has 0 spiro atoms. The first-order valence-corrected chi connectivity index (χ1v) is 7.31. The van der Waals surface area contributed by atoms with Gasteiger partial charge in [0.2, 0.25) is 0 Å². The third-order valence-electron chi connectivity index (χ3n) is 1.07. The highest BCUT2D eigenvalue weighted by Gasteiger charge is 1.84. The van der Waals surface area contributed by atoms with Gasteiger partial charge < -0.3 is 0 Å². The minimum atomic E-state index is -4.94. The molecule has 0 saturated heterocycles. The van der Waals surface area contributed by atoms with Crippen LogP contribution >= 0.6 is 0 Å². The van der Waals surface area contributed by atoms with Crippen LogP contribution in [0.1, 0.15) is 0 Å². The van der Waals surface area contributed by atoms with E-state index >= 15 is 0 Å². The van der Waals surface area contributed by atoms with E-state index in [2.05, 4.69) is 8.83 Å². The summed E-state index contributed by atoms with van der Waals surface area (Å²) in [4.78, 5) is 0. The third kappa shape index (κ3) is 51.3. The topological polar surface area (TPSA) is 207 Å². The van der Waals surface area contributed by atoms with E-state index in [0.29, 0.717) is 0 Å². The van der Waals surface area contributed by atoms with Crippen LogP contribution < -0.4 is 37.3 Å². The van der Waals surface area contributed by atoms with Crippen molar-refractivity contribution >= 4 is 0 Å². The zero-order chi connectivity index (χ0) is 17.5. The van der Waals surface area contributed by atoms with Crippen LogP contribution in [-0.2, 0) is 0 Å². The molecule has 2 rings (SSSR count). The van der Waals surface area contributed by atoms with Gasteiger partial charge in [-0.05, 0) is 12.1 Å². The molecule has 0 fully saturated rings. The van der Waals surface area contributed by atoms with E-state index in [-0.39, 0.29) is 0 Å². The first-order valence-electron chi connectivity index (χ1n) is 4.84. The van der Waals surface area contributed by atoms with Gasteiger partial charge in [0, 0.05) is 24.3 Å². The molecule has 0 saturated carbocycles. The molecule has 2 aromatic heterocycles. The van der Waals surface area contributed by atoms with Crippen molar-refractivity contribution in [2.75, 3.05) is 0 Å². The Labute approximate surface area is 128 Å². The molecule has 0 radical (unpaired) electrons. The van der Waals surface area contributed by atoms with Gasteiger partial charge in [0.05, 0.1) is 0 Å². The van der Waals surface area contributed by atoms with E-state index in [1.165, 1.54) is 0 Å². The first kappa shape index (κ1) is 22.8. The second-order valence-corrected chi connectivity index (χ2v) is 4.24. The van der Waals surface area contributed by atoms with Gasteiger partial charge in [-0.25, -0.2) is 46.1 Å². The average molecular weight is 361 g/mol. The number of hydrogen-bond donors (Lipinski definition) is 0. The molecular weight excluding hydrogens is 351 g/mol. The lowest BCUT2D eigenvalue weighted by Crippen LogP contribution is -2.68. The fourth-order valence-electron chi connectivity index (χ4n) is 0.582. The van der Waals surface area contributed by atoms with Crippen molar-refractivity contribution in [1.82, 2.24) is 0 Å². The smallest absolute Gasteiger partial charge is 0.224 e. The number of rotatable bonds is 0. The third-order valence-corrected chi connectivity index (χ3v) is 1.07. The normalized spacial score (nSPS) is 9.82. The fourth-order valence-corrected chi connectivity index (χ4v) is 0.582. The van der Waals surface area contributed by atoms with Crippen LogP contribution in [0.5, 0.6) is 0 Å². The van der Waals surface area contributed by atoms with E-state index < -0.39 is 20.5 Å². The van der Waals surface area contributed by atoms with Crippen LogP contribution in [0.25, 0.3) is 0 Å². The van der Waals surface area contributed by atoms with Crippen molar-refractivity contribution in [3.8, 4) is 0 Å². The minimum absolute atomic E-state index is 1.62. The number of halogens is 2. The Morgan fingerprint density at radius 2 is 0.591 bits per heavy atom. The van der Waals surface area contributed by atoms with E-state index in [4.69, 9.17) is 37.3 Å². The van der Waals surface area contributed by atoms with Crippen LogP contribution in [0.3, 0.4) is 0 Å². The summed E-state index contributed by atoms with van der Waals surface area (Å²) >= 11 is 0. The molecule has 10 nitrogen and oxygen atoms in total. The lowest BCUT2D eigenvalue weighted by atomic mass is 10.6. The maximum absolute atomic E-state index is 8.49. The molecule has 0 aliphatic rings. The quantitative estimate of drug-likeness (QED) is 0.405. The fraction of sp³-hybridized carbons (Fsp3) is 0. The first-order chi connectivity index (χ1) is 10.0. The molecule has 0 bridgehead atoms. The lowest BCUT2D eigenvalue weighted by molar-refractivity contribution is -2.00. The van der Waals surface area contributed by atoms with Gasteiger partial charge >= 0.3 is 25.1 Å². The van der Waals surface area contributed by atoms with E-state index in [0.717, 1.165) is 0 Å². The SMILES string of the molecule is [O-][Cl+3]([O-])([O-])[O-].[O-][Cl+3]([O-])([O-])[O-].c1cc[o+]cc1.c1cc[o+]cc1. The van der Waals surface area contributed by atoms with Gasteiger partial charge in [-0.1, -0.05) is 0 Å². The molecule has 0 atom stereocenters. The summed E-state index contributed by atoms with van der Waals surface area (Å²) in [7, 11) is -9.89. The predicted octanol–water partition coefficient (Wildman–Crippen LogP) is -6.39. The van der Waals surface area contributed by atoms with E-state index in [1.54, 1.807) is 25.1 Å². The molecule has 0 amide bonds. The highest BCUT2D eigenvalue weighted by molar-refractivity contribution is 4.84. The Morgan fingerprint density at radius 1 is 0.409 bits per heavy atom. The summed E-state index contributed by atoms with van der Waals surface area (Å²) in [5, 5.41) is 0. The van der Waals surface area contributed by atoms with Gasteiger partial charge in [-0.3, -0.25) is 0 Å². The molecule has 124 valence electrons. The molecule has 2 aromatic rings. The highest BCUT2D eigenvalue weighted by Crippen LogP contribution is 1.80. The molecule has 0 aliphatic carbocycles. The van der Waals surface area contributed by atoms with Crippen LogP contribution in [0, 0.1) is 20.5 Å². The van der Waals surface area contributed by atoms with Crippen molar-refractivity contribution < 1.29 is 66.6 Å². The second kappa shape index (κ2) is 13.2. The monoisotopic (exact) mass is 360 g/mol. The summed E-state index contributed by atoms with van der Waals surface area (Å²) < 4.78 is 77.3. The van der Waals surface area contributed by atoms with Crippen molar-refractivity contribution in [1.29, 1.82) is 0 Å². The molecule has 2 heterocycles. The van der Waals surface area contributed by atoms with Crippen molar-refractivity contribution in [2.24, 2.45) is 0 Å². The van der Waals surface area contributed by atoms with Gasteiger partial charge in [-0.15, -0.1) is 20.5 Å². The second-order valence-electron chi connectivity index (χ2n) is 2.73. The number of hydrogen-bond acceptors (Lipinski definition) is 8. The Hall–Kier alpha value is -1.44. The highest BCUT2D eigenvalue weighted by atomic mass is 35.7. The summed E-state index contributed by atoms with van der Waals surface area (Å²) in [5.74, 6) is 0. The average Bonchev–Trinajstić information content (AvgIpc) is 2.40. The van der Waals surface area contributed by atoms with Gasteiger partial charge in [0.25, 0.3) is 0 Å². The van der Waals surface area contributed by atoms with Crippen molar-refractivity contribution in [3.05, 3.63) is 61.5 Å². The molecule has 12 heteroatoms. The lowest BCUT2D eigenvalue weighted by Gasteiger charge is -2.17. The zero-order valence-electron chi connectivity index (χ0n) is 10.6. The Morgan fingerprint density at radius 3 is 0.636 bits per heavy atom. The summed E-state index contributed by atoms with van der Waals surface area (Å²) in [6.07, 6.45) is 6.50. The molecule has 0 aliphatic heterocycles. The van der Waals surface area contributed by atoms with Crippen molar-refractivity contribution in [3.63, 3.8) is 0 Å². The van der Waals surface area contributed by atoms with Crippen LogP contribution in [0.4, 0.5) is 0 Å². The van der Waals surface area contributed by atoms with Crippen LogP contribution in [0.2, 0.25) is 0 Å². The summed E-state index contributed by atoms with van der Waals surface area (Å²) in [6.45, 7) is 0. The molecule has 0 unspecified atom stereocenters. The van der Waals surface area contributed by atoms with Gasteiger partial charge in [0.1, 0.15) is 0 Å².